The molecule has 0 radical (unpaired) electrons. The third kappa shape index (κ3) is 15.6. The highest BCUT2D eigenvalue weighted by Crippen LogP contribution is 2.45. The molecule has 26 heteroatoms. The van der Waals surface area contributed by atoms with E-state index in [1.807, 2.05) is 134 Å². The molecule has 23 nitrogen and oxygen atoms in total. The number of pyridine rings is 3. The molecule has 0 saturated carbocycles. The monoisotopic (exact) mass is 1630 g/mol. The number of nitrogens with one attached hydrogen (secondary N) is 1. The summed E-state index contributed by atoms with van der Waals surface area (Å²) in [6.45, 7) is 10.6. The van der Waals surface area contributed by atoms with Crippen LogP contribution < -0.4 is 18.9 Å². The molecule has 3 fully saturated rings. The summed E-state index contributed by atoms with van der Waals surface area (Å²) in [7, 11) is -1.38. The van der Waals surface area contributed by atoms with Gasteiger partial charge in [-0.2, -0.15) is 0 Å². The summed E-state index contributed by atoms with van der Waals surface area (Å²) in [6, 6.07) is 53.0. The predicted molar refractivity (Wildman–Crippen MR) is 429 cm³/mol. The number of hydrogen-bond donors (Lipinski definition) is 1. The van der Waals surface area contributed by atoms with Crippen LogP contribution in [0.15, 0.2) is 223 Å². The molecule has 1 N–H and O–H groups in total. The second-order valence-corrected chi connectivity index (χ2v) is 31.1. The normalized spacial score (nSPS) is 14.0. The van der Waals surface area contributed by atoms with Crippen LogP contribution in [-0.4, -0.2) is 184 Å². The maximum atomic E-state index is 13.9. The molecule has 0 spiro atoms. The second-order valence-electron chi connectivity index (χ2n) is 26.3. The van der Waals surface area contributed by atoms with Gasteiger partial charge in [-0.1, -0.05) is 83.9 Å². The summed E-state index contributed by atoms with van der Waals surface area (Å²) in [5.41, 5.74) is 13.2. The number of morpholine rings is 3. The van der Waals surface area contributed by atoms with Crippen molar-refractivity contribution in [3.8, 4) is 78.6 Å². The lowest BCUT2D eigenvalue weighted by atomic mass is 9.99. The summed E-state index contributed by atoms with van der Waals surface area (Å²) in [5, 5.41) is 2.26. The van der Waals surface area contributed by atoms with Crippen molar-refractivity contribution in [3.63, 3.8) is 0 Å². The molecular formula is C84H78IN9O14S2. The van der Waals surface area contributed by atoms with Gasteiger partial charge in [0.1, 0.15) is 28.6 Å². The summed E-state index contributed by atoms with van der Waals surface area (Å²) < 4.78 is 96.3. The molecule has 13 aromatic rings. The minimum Gasteiger partial charge on any atom is -0.496 e. The first kappa shape index (κ1) is 75.5. The SMILES string of the molecule is COc1cccc(OC)c1-c1c[nH]c2ncc(-c3cccc(C(=O)N4CCOCC4)c3)cc12.COc1cccc(OC)c1-c1cn(S(=O)(=O)c2ccc(C)cc2)c2ncc(-c3cccc(C(=O)N4CCOCC4)c3)cc12.Cc1ccc(S(=O)(=O)n2cc(I)c3cc(-c4cccc(C(=O)N5CCOCC5)c4)cnc32)cc1. The maximum absolute atomic E-state index is 13.9. The second kappa shape index (κ2) is 32.9. The van der Waals surface area contributed by atoms with Crippen molar-refractivity contribution in [3.05, 3.63) is 244 Å². The van der Waals surface area contributed by atoms with Gasteiger partial charge in [-0.25, -0.2) is 39.7 Å². The van der Waals surface area contributed by atoms with Crippen molar-refractivity contribution in [2.45, 2.75) is 23.6 Å². The number of halogens is 1. The van der Waals surface area contributed by atoms with Crippen molar-refractivity contribution in [2.75, 3.05) is 107 Å². The molecule has 7 aromatic carbocycles. The van der Waals surface area contributed by atoms with E-state index in [1.54, 1.807) is 130 Å². The number of aromatic nitrogens is 6. The van der Waals surface area contributed by atoms with E-state index in [1.165, 1.54) is 7.94 Å². The maximum Gasteiger partial charge on any atom is 0.269 e. The Bertz CT molecular complexity index is 5810. The number of amides is 3. The number of fused-ring (bicyclic) bond motifs is 3. The topological polar surface area (TPSA) is 258 Å². The predicted octanol–water partition coefficient (Wildman–Crippen LogP) is 14.1. The van der Waals surface area contributed by atoms with Crippen LogP contribution in [0.2, 0.25) is 0 Å². The molecule has 3 aliphatic heterocycles. The van der Waals surface area contributed by atoms with Gasteiger partial charge in [-0.15, -0.1) is 0 Å². The Labute approximate surface area is 650 Å². The number of aromatic amines is 1. The van der Waals surface area contributed by atoms with Crippen LogP contribution in [0.3, 0.4) is 0 Å². The molecule has 562 valence electrons. The van der Waals surface area contributed by atoms with Crippen molar-refractivity contribution < 1.29 is 64.4 Å². The lowest BCUT2D eigenvalue weighted by molar-refractivity contribution is 0.0301. The fourth-order valence-electron chi connectivity index (χ4n) is 13.6. The van der Waals surface area contributed by atoms with Gasteiger partial charge in [0.2, 0.25) is 0 Å². The minimum atomic E-state index is -4.00. The van der Waals surface area contributed by atoms with E-state index in [0.717, 1.165) is 87.1 Å². The largest absolute Gasteiger partial charge is 0.496 e. The van der Waals surface area contributed by atoms with Crippen molar-refractivity contribution >= 4 is 93.5 Å². The fraction of sp³-hybridized carbons (Fsp3) is 0.214. The first-order chi connectivity index (χ1) is 53.3. The highest BCUT2D eigenvalue weighted by Gasteiger charge is 2.29. The van der Waals surface area contributed by atoms with Crippen LogP contribution in [0, 0.1) is 17.4 Å². The van der Waals surface area contributed by atoms with Gasteiger partial charge in [0.05, 0.1) is 89.0 Å². The minimum absolute atomic E-state index is 0.0234. The van der Waals surface area contributed by atoms with E-state index in [4.69, 9.17) is 33.2 Å². The lowest BCUT2D eigenvalue weighted by Gasteiger charge is -2.27. The molecule has 0 unspecified atom stereocenters. The molecule has 0 bridgehead atoms. The van der Waals surface area contributed by atoms with Gasteiger partial charge in [-0.05, 0) is 156 Å². The van der Waals surface area contributed by atoms with Gasteiger partial charge in [0.25, 0.3) is 37.8 Å². The van der Waals surface area contributed by atoms with Crippen molar-refractivity contribution in [1.82, 2.24) is 42.6 Å². The highest BCUT2D eigenvalue weighted by atomic mass is 127. The molecule has 9 heterocycles. The molecule has 6 aromatic heterocycles. The van der Waals surface area contributed by atoms with Crippen LogP contribution in [0.4, 0.5) is 0 Å². The van der Waals surface area contributed by atoms with Gasteiger partial charge < -0.3 is 52.8 Å². The van der Waals surface area contributed by atoms with Gasteiger partial charge in [0, 0.05) is 141 Å². The zero-order valence-corrected chi connectivity index (χ0v) is 65.0. The number of rotatable bonds is 16. The van der Waals surface area contributed by atoms with Crippen LogP contribution in [0.25, 0.3) is 88.7 Å². The van der Waals surface area contributed by atoms with Crippen LogP contribution in [-0.2, 0) is 34.3 Å². The number of carbonyl (C=O) groups is 3. The average Bonchev–Trinajstić information content (AvgIpc) is 1.59. The number of H-pyrrole nitrogens is 1. The standard InChI is InChI=1S/C33H31N3O6S.C26H25N3O4.C25H22IN3O4S/c1-22-10-12-26(13-11-22)43(38,39)36-21-28(31-29(40-2)8-5-9-30(31)41-3)27-19-25(20-34-32(27)36)23-6-4-7-24(18-23)33(37)35-14-16-42-17-15-35;1-31-22-7-4-8-23(32-2)24(22)21-16-28-25-20(21)14-19(15-27-25)17-5-3-6-18(13-17)26(30)29-9-11-33-12-10-29;1-17-5-7-21(8-6-17)34(31,32)29-16-23(26)22-14-20(15-27-24(22)29)18-3-2-4-19(13-18)25(30)28-9-11-33-12-10-28/h4-13,18-21H,14-17H2,1-3H3;3-8,13-16H,9-12H2,1-2H3,(H,27,28);2-8,13-16H,9-12H2,1H3. The first-order valence-electron chi connectivity index (χ1n) is 35.5. The zero-order chi connectivity index (χ0) is 76.8. The molecule has 110 heavy (non-hydrogen) atoms. The van der Waals surface area contributed by atoms with E-state index < -0.39 is 20.0 Å². The van der Waals surface area contributed by atoms with Crippen LogP contribution in [0.5, 0.6) is 23.0 Å². The van der Waals surface area contributed by atoms with Gasteiger partial charge in [0.15, 0.2) is 11.3 Å². The Hall–Kier alpha value is -11.3. The third-order valence-electron chi connectivity index (χ3n) is 19.5. The van der Waals surface area contributed by atoms with E-state index in [2.05, 4.69) is 48.6 Å². The molecule has 0 atom stereocenters. The van der Waals surface area contributed by atoms with Crippen molar-refractivity contribution in [1.29, 1.82) is 0 Å². The number of benzene rings is 7. The number of carbonyl (C=O) groups excluding carboxylic acids is 3. The Balaban J connectivity index is 0.000000139. The van der Waals surface area contributed by atoms with Gasteiger partial charge >= 0.3 is 0 Å². The molecule has 0 aliphatic carbocycles. The Morgan fingerprint density at radius 3 is 1.15 bits per heavy atom. The quantitative estimate of drug-likeness (QED) is 0.0882. The molecule has 3 saturated heterocycles. The number of methoxy groups -OCH3 is 4. The Kier molecular flexibility index (Phi) is 22.6. The first-order valence-corrected chi connectivity index (χ1v) is 39.5. The summed E-state index contributed by atoms with van der Waals surface area (Å²) >= 11 is 2.13. The summed E-state index contributed by atoms with van der Waals surface area (Å²) in [6.07, 6.45) is 10.2. The smallest absolute Gasteiger partial charge is 0.269 e. The summed E-state index contributed by atoms with van der Waals surface area (Å²) in [5.74, 6) is 2.43. The lowest BCUT2D eigenvalue weighted by Crippen LogP contribution is -2.40. The molecule has 3 aliphatic rings. The number of aryl methyl sites for hydroxylation is 2. The fourth-order valence-corrected chi connectivity index (χ4v) is 17.1. The molecule has 3 amide bonds. The zero-order valence-electron chi connectivity index (χ0n) is 61.2. The Morgan fingerprint density at radius 2 is 0.755 bits per heavy atom. The van der Waals surface area contributed by atoms with E-state index in [9.17, 15) is 31.2 Å². The van der Waals surface area contributed by atoms with Crippen molar-refractivity contribution in [2.24, 2.45) is 0 Å². The number of hydrogen-bond acceptors (Lipinski definition) is 17. The number of ether oxygens (including phenoxy) is 7. The van der Waals surface area contributed by atoms with E-state index >= 15 is 0 Å². The average molecular weight is 1630 g/mol. The summed E-state index contributed by atoms with van der Waals surface area (Å²) in [4.78, 5) is 61.9. The molecule has 16 rings (SSSR count). The molecular weight excluding hydrogens is 1550 g/mol. The van der Waals surface area contributed by atoms with Crippen LogP contribution in [0.1, 0.15) is 42.2 Å². The van der Waals surface area contributed by atoms with Crippen LogP contribution >= 0.6 is 22.6 Å². The van der Waals surface area contributed by atoms with E-state index in [0.29, 0.717) is 129 Å². The van der Waals surface area contributed by atoms with E-state index in [-0.39, 0.29) is 33.2 Å². The van der Waals surface area contributed by atoms with Gasteiger partial charge in [-0.3, -0.25) is 14.4 Å². The Morgan fingerprint density at radius 1 is 0.409 bits per heavy atom. The highest BCUT2D eigenvalue weighted by molar-refractivity contribution is 14.1. The number of nitrogens with zero attached hydrogens (tertiary/aromatic N) is 8. The third-order valence-corrected chi connectivity index (χ3v) is 23.7.